The lowest BCUT2D eigenvalue weighted by Crippen LogP contribution is -2.46. The molecule has 1 unspecified atom stereocenters. The molecular formula is C27H38N4O3S. The lowest BCUT2D eigenvalue weighted by molar-refractivity contribution is -0.120. The molecule has 1 amide bonds. The minimum absolute atomic E-state index is 0.00170. The first kappa shape index (κ1) is 25.7. The van der Waals surface area contributed by atoms with Crippen LogP contribution in [0.1, 0.15) is 57.6 Å². The van der Waals surface area contributed by atoms with Crippen LogP contribution >= 0.6 is 0 Å². The van der Waals surface area contributed by atoms with Crippen LogP contribution in [0.4, 0.5) is 11.4 Å². The van der Waals surface area contributed by atoms with Crippen LogP contribution < -0.4 is 14.9 Å². The Morgan fingerprint density at radius 2 is 1.69 bits per heavy atom. The van der Waals surface area contributed by atoms with E-state index in [1.165, 1.54) is 6.42 Å². The molecule has 0 radical (unpaired) electrons. The summed E-state index contributed by atoms with van der Waals surface area (Å²) in [6.07, 6.45) is 5.11. The number of nitrogens with zero attached hydrogens (tertiary/aromatic N) is 2. The van der Waals surface area contributed by atoms with Gasteiger partial charge in [-0.25, -0.2) is 13.1 Å². The molecule has 1 aliphatic carbocycles. The molecule has 2 aromatic rings. The van der Waals surface area contributed by atoms with Crippen molar-refractivity contribution in [3.63, 3.8) is 0 Å². The fraction of sp³-hybridized carbons (Fsp3) is 0.519. The third-order valence-electron chi connectivity index (χ3n) is 7.28. The molecule has 0 aromatic heterocycles. The number of rotatable bonds is 8. The number of anilines is 2. The van der Waals surface area contributed by atoms with Crippen LogP contribution in [0.25, 0.3) is 0 Å². The Labute approximate surface area is 209 Å². The highest BCUT2D eigenvalue weighted by molar-refractivity contribution is 7.89. The highest BCUT2D eigenvalue weighted by Gasteiger charge is 2.28. The van der Waals surface area contributed by atoms with Crippen molar-refractivity contribution in [3.05, 3.63) is 54.1 Å². The molecule has 1 saturated carbocycles. The van der Waals surface area contributed by atoms with Crippen LogP contribution in [0.15, 0.2) is 53.4 Å². The number of benzene rings is 2. The molecule has 190 valence electrons. The Morgan fingerprint density at radius 3 is 2.34 bits per heavy atom. The highest BCUT2D eigenvalue weighted by Crippen LogP contribution is 2.32. The Bertz CT molecular complexity index is 1090. The lowest BCUT2D eigenvalue weighted by atomic mass is 9.88. The molecule has 1 heterocycles. The first-order chi connectivity index (χ1) is 16.9. The first-order valence-electron chi connectivity index (χ1n) is 12.9. The van der Waals surface area contributed by atoms with E-state index in [-0.39, 0.29) is 22.8 Å². The summed E-state index contributed by atoms with van der Waals surface area (Å²) in [6.45, 7) is 8.29. The summed E-state index contributed by atoms with van der Waals surface area (Å²) < 4.78 is 30.2. The van der Waals surface area contributed by atoms with Gasteiger partial charge in [0.2, 0.25) is 15.9 Å². The van der Waals surface area contributed by atoms with E-state index in [0.29, 0.717) is 11.4 Å². The molecule has 2 N–H and O–H groups in total. The zero-order chi connectivity index (χ0) is 24.8. The van der Waals surface area contributed by atoms with Gasteiger partial charge < -0.3 is 15.1 Å². The Balaban J connectivity index is 1.61. The maximum atomic E-state index is 13.7. The van der Waals surface area contributed by atoms with E-state index in [2.05, 4.69) is 26.8 Å². The number of hydrogen-bond donors (Lipinski definition) is 2. The normalized spacial score (nSPS) is 18.9. The third kappa shape index (κ3) is 6.42. The molecule has 0 bridgehead atoms. The van der Waals surface area contributed by atoms with Gasteiger partial charge in [-0.1, -0.05) is 56.5 Å². The number of amides is 1. The summed E-state index contributed by atoms with van der Waals surface area (Å²) in [7, 11) is -3.85. The number of hydrogen-bond acceptors (Lipinski definition) is 5. The Morgan fingerprint density at radius 1 is 1.00 bits per heavy atom. The molecule has 4 rings (SSSR count). The first-order valence-corrected chi connectivity index (χ1v) is 14.3. The standard InChI is InChI=1S/C27H38N4O3S/c1-3-30-16-18-31(19-17-30)25-15-14-24(28-27(32)23-12-8-5-9-13-23)20-26(25)35(33,34)29-21(2)22-10-6-4-7-11-22/h4,6-7,10-11,14-15,20-21,23,29H,3,5,8-9,12-13,16-19H2,1-2H3,(H,28,32). The van der Waals surface area contributed by atoms with Gasteiger partial charge in [-0.05, 0) is 50.1 Å². The summed E-state index contributed by atoms with van der Waals surface area (Å²) >= 11 is 0. The minimum Gasteiger partial charge on any atom is -0.368 e. The molecule has 8 heteroatoms. The van der Waals surface area contributed by atoms with Crippen LogP contribution in [0, 0.1) is 5.92 Å². The van der Waals surface area contributed by atoms with E-state index >= 15 is 0 Å². The molecule has 7 nitrogen and oxygen atoms in total. The summed E-state index contributed by atoms with van der Waals surface area (Å²) in [5, 5.41) is 3.00. The fourth-order valence-corrected chi connectivity index (χ4v) is 6.57. The molecule has 2 fully saturated rings. The number of carbonyl (C=O) groups excluding carboxylic acids is 1. The van der Waals surface area contributed by atoms with Crippen molar-refractivity contribution in [1.82, 2.24) is 9.62 Å². The number of nitrogens with one attached hydrogen (secondary N) is 2. The average Bonchev–Trinajstić information content (AvgIpc) is 2.89. The third-order valence-corrected chi connectivity index (χ3v) is 8.85. The summed E-state index contributed by atoms with van der Waals surface area (Å²) in [6, 6.07) is 14.5. The van der Waals surface area contributed by atoms with Gasteiger partial charge in [-0.15, -0.1) is 0 Å². The van der Waals surface area contributed by atoms with Crippen molar-refractivity contribution < 1.29 is 13.2 Å². The van der Waals surface area contributed by atoms with Crippen LogP contribution in [0.3, 0.4) is 0 Å². The van der Waals surface area contributed by atoms with Gasteiger partial charge in [0.05, 0.1) is 5.69 Å². The molecule has 35 heavy (non-hydrogen) atoms. The molecule has 1 saturated heterocycles. The van der Waals surface area contributed by atoms with Gasteiger partial charge in [0.15, 0.2) is 0 Å². The lowest BCUT2D eigenvalue weighted by Gasteiger charge is -2.36. The molecular weight excluding hydrogens is 460 g/mol. The zero-order valence-corrected chi connectivity index (χ0v) is 21.7. The predicted octanol–water partition coefficient (Wildman–Crippen LogP) is 4.39. The predicted molar refractivity (Wildman–Crippen MR) is 141 cm³/mol. The second-order valence-electron chi connectivity index (χ2n) is 9.68. The van der Waals surface area contributed by atoms with Crippen molar-refractivity contribution in [2.24, 2.45) is 5.92 Å². The smallest absolute Gasteiger partial charge is 0.243 e. The van der Waals surface area contributed by atoms with E-state index in [1.807, 2.05) is 49.4 Å². The second kappa shape index (κ2) is 11.5. The summed E-state index contributed by atoms with van der Waals surface area (Å²) in [5.41, 5.74) is 2.12. The molecule has 1 atom stereocenters. The van der Waals surface area contributed by atoms with Crippen molar-refractivity contribution in [2.75, 3.05) is 42.9 Å². The number of carbonyl (C=O) groups is 1. The number of likely N-dealkylation sites (N-methyl/N-ethyl adjacent to an activating group) is 1. The molecule has 1 aliphatic heterocycles. The quantitative estimate of drug-likeness (QED) is 0.564. The SMILES string of the molecule is CCN1CCN(c2ccc(NC(=O)C3CCCCC3)cc2S(=O)(=O)NC(C)c2ccccc2)CC1. The van der Waals surface area contributed by atoms with Gasteiger partial charge in [0.1, 0.15) is 4.90 Å². The monoisotopic (exact) mass is 498 g/mol. The van der Waals surface area contributed by atoms with Gasteiger partial charge in [-0.2, -0.15) is 0 Å². The van der Waals surface area contributed by atoms with Crippen LogP contribution in [0.2, 0.25) is 0 Å². The summed E-state index contributed by atoms with van der Waals surface area (Å²) in [5.74, 6) is -0.00944. The van der Waals surface area contributed by atoms with E-state index < -0.39 is 10.0 Å². The van der Waals surface area contributed by atoms with Crippen molar-refractivity contribution in [3.8, 4) is 0 Å². The van der Waals surface area contributed by atoms with Gasteiger partial charge in [-0.3, -0.25) is 4.79 Å². The zero-order valence-electron chi connectivity index (χ0n) is 20.9. The Kier molecular flexibility index (Phi) is 8.46. The van der Waals surface area contributed by atoms with Crippen molar-refractivity contribution in [1.29, 1.82) is 0 Å². The van der Waals surface area contributed by atoms with Gasteiger partial charge >= 0.3 is 0 Å². The van der Waals surface area contributed by atoms with Crippen LogP contribution in [-0.2, 0) is 14.8 Å². The average molecular weight is 499 g/mol. The van der Waals surface area contributed by atoms with Crippen LogP contribution in [-0.4, -0.2) is 51.9 Å². The number of piperazine rings is 1. The maximum absolute atomic E-state index is 13.7. The summed E-state index contributed by atoms with van der Waals surface area (Å²) in [4.78, 5) is 17.6. The Hall–Kier alpha value is -2.42. The molecule has 2 aromatic carbocycles. The van der Waals surface area contributed by atoms with E-state index in [4.69, 9.17) is 0 Å². The van der Waals surface area contributed by atoms with Gasteiger partial charge in [0.25, 0.3) is 0 Å². The fourth-order valence-electron chi connectivity index (χ4n) is 5.09. The maximum Gasteiger partial charge on any atom is 0.243 e. The topological polar surface area (TPSA) is 81.8 Å². The molecule has 2 aliphatic rings. The minimum atomic E-state index is -3.85. The number of sulfonamides is 1. The van der Waals surface area contributed by atoms with E-state index in [9.17, 15) is 13.2 Å². The highest BCUT2D eigenvalue weighted by atomic mass is 32.2. The molecule has 0 spiro atoms. The second-order valence-corrected chi connectivity index (χ2v) is 11.4. The van der Waals surface area contributed by atoms with E-state index in [0.717, 1.165) is 64.0 Å². The van der Waals surface area contributed by atoms with Crippen molar-refractivity contribution in [2.45, 2.75) is 56.9 Å². The van der Waals surface area contributed by atoms with Crippen molar-refractivity contribution >= 4 is 27.3 Å². The van der Waals surface area contributed by atoms with E-state index in [1.54, 1.807) is 6.07 Å². The largest absolute Gasteiger partial charge is 0.368 e. The van der Waals surface area contributed by atoms with Crippen LogP contribution in [0.5, 0.6) is 0 Å². The van der Waals surface area contributed by atoms with Gasteiger partial charge in [0, 0.05) is 43.8 Å².